The van der Waals surface area contributed by atoms with E-state index in [1.807, 2.05) is 6.07 Å². The molecule has 0 saturated heterocycles. The van der Waals surface area contributed by atoms with Crippen LogP contribution < -0.4 is 18.9 Å². The van der Waals surface area contributed by atoms with Gasteiger partial charge >= 0.3 is 11.9 Å². The Labute approximate surface area is 185 Å². The van der Waals surface area contributed by atoms with Crippen LogP contribution in [0.3, 0.4) is 0 Å². The van der Waals surface area contributed by atoms with Crippen molar-refractivity contribution in [1.82, 2.24) is 0 Å². The van der Waals surface area contributed by atoms with Crippen molar-refractivity contribution in [2.24, 2.45) is 0 Å². The summed E-state index contributed by atoms with van der Waals surface area (Å²) in [6.07, 6.45) is 3.20. The van der Waals surface area contributed by atoms with Crippen LogP contribution in [0, 0.1) is 0 Å². The molecule has 8 heteroatoms. The summed E-state index contributed by atoms with van der Waals surface area (Å²) < 4.78 is 27.7. The smallest absolute Gasteiger partial charge is 0.308 e. The fourth-order valence-electron chi connectivity index (χ4n) is 3.60. The molecule has 0 spiro atoms. The van der Waals surface area contributed by atoms with Crippen molar-refractivity contribution < 1.29 is 38.1 Å². The molecular formula is C24H24O8. The van der Waals surface area contributed by atoms with Crippen LogP contribution in [0.25, 0.3) is 6.08 Å². The van der Waals surface area contributed by atoms with E-state index in [2.05, 4.69) is 0 Å². The first-order valence-electron chi connectivity index (χ1n) is 9.88. The molecule has 1 heterocycles. The lowest BCUT2D eigenvalue weighted by atomic mass is 9.90. The van der Waals surface area contributed by atoms with Crippen molar-refractivity contribution in [1.29, 1.82) is 0 Å². The number of hydrogen-bond acceptors (Lipinski definition) is 8. The van der Waals surface area contributed by atoms with E-state index < -0.39 is 18.0 Å². The highest BCUT2D eigenvalue weighted by Crippen LogP contribution is 2.51. The predicted molar refractivity (Wildman–Crippen MR) is 115 cm³/mol. The molecule has 0 aliphatic carbocycles. The summed E-state index contributed by atoms with van der Waals surface area (Å²) in [4.78, 5) is 33.6. The Hall–Kier alpha value is -3.81. The van der Waals surface area contributed by atoms with Gasteiger partial charge in [-0.05, 0) is 41.5 Å². The van der Waals surface area contributed by atoms with Gasteiger partial charge in [-0.1, -0.05) is 12.1 Å². The number of hydrogen-bond donors (Lipinski definition) is 0. The van der Waals surface area contributed by atoms with Crippen molar-refractivity contribution >= 4 is 24.3 Å². The molecular weight excluding hydrogens is 416 g/mol. The van der Waals surface area contributed by atoms with Crippen LogP contribution in [-0.2, 0) is 19.1 Å². The van der Waals surface area contributed by atoms with Crippen LogP contribution in [0.4, 0.5) is 0 Å². The van der Waals surface area contributed by atoms with Crippen molar-refractivity contribution in [3.63, 3.8) is 0 Å². The lowest BCUT2D eigenvalue weighted by molar-refractivity contribution is -0.142. The first-order chi connectivity index (χ1) is 15.4. The van der Waals surface area contributed by atoms with Crippen molar-refractivity contribution in [3.05, 3.63) is 53.1 Å². The van der Waals surface area contributed by atoms with Crippen molar-refractivity contribution in [3.8, 4) is 23.0 Å². The second kappa shape index (κ2) is 10.00. The zero-order valence-electron chi connectivity index (χ0n) is 18.2. The second-order valence-corrected chi connectivity index (χ2v) is 7.09. The summed E-state index contributed by atoms with van der Waals surface area (Å²) in [7, 11) is 3.00. The molecule has 0 unspecified atom stereocenters. The monoisotopic (exact) mass is 440 g/mol. The molecule has 0 saturated carbocycles. The molecule has 2 aromatic rings. The van der Waals surface area contributed by atoms with Gasteiger partial charge in [-0.25, -0.2) is 0 Å². The zero-order chi connectivity index (χ0) is 23.3. The number of aldehydes is 1. The van der Waals surface area contributed by atoms with Crippen LogP contribution in [0.1, 0.15) is 42.6 Å². The van der Waals surface area contributed by atoms with Crippen LogP contribution in [0.15, 0.2) is 36.4 Å². The molecule has 0 amide bonds. The van der Waals surface area contributed by atoms with Gasteiger partial charge < -0.3 is 23.7 Å². The fourth-order valence-corrected chi connectivity index (χ4v) is 3.60. The Morgan fingerprint density at radius 3 is 2.38 bits per heavy atom. The highest BCUT2D eigenvalue weighted by Gasteiger charge is 2.39. The maximum Gasteiger partial charge on any atom is 0.308 e. The summed E-state index contributed by atoms with van der Waals surface area (Å²) in [6.45, 7) is 2.72. The van der Waals surface area contributed by atoms with E-state index in [-0.39, 0.29) is 18.3 Å². The van der Waals surface area contributed by atoms with E-state index in [1.165, 1.54) is 34.1 Å². The van der Waals surface area contributed by atoms with Gasteiger partial charge in [0.15, 0.2) is 23.0 Å². The van der Waals surface area contributed by atoms with E-state index >= 15 is 0 Å². The highest BCUT2D eigenvalue weighted by atomic mass is 16.6. The molecule has 0 N–H and O–H groups in total. The summed E-state index contributed by atoms with van der Waals surface area (Å²) in [6, 6.07) is 8.73. The number of methoxy groups -OCH3 is 2. The second-order valence-electron chi connectivity index (χ2n) is 7.09. The minimum atomic E-state index is -0.524. The third-order valence-electron chi connectivity index (χ3n) is 4.94. The molecule has 168 valence electrons. The fraction of sp³-hybridized carbons (Fsp3) is 0.292. The largest absolute Gasteiger partial charge is 0.493 e. The topological polar surface area (TPSA) is 97.4 Å². The van der Waals surface area contributed by atoms with E-state index in [1.54, 1.807) is 30.3 Å². The van der Waals surface area contributed by atoms with Gasteiger partial charge in [-0.15, -0.1) is 0 Å². The van der Waals surface area contributed by atoms with Gasteiger partial charge in [0.05, 0.1) is 20.1 Å². The van der Waals surface area contributed by atoms with Crippen LogP contribution >= 0.6 is 0 Å². The average Bonchev–Trinajstić information content (AvgIpc) is 3.13. The molecule has 3 rings (SSSR count). The maximum atomic E-state index is 11.5. The lowest BCUT2D eigenvalue weighted by Crippen LogP contribution is -2.17. The van der Waals surface area contributed by atoms with Gasteiger partial charge in [-0.3, -0.25) is 14.4 Å². The third kappa shape index (κ3) is 4.91. The Morgan fingerprint density at radius 1 is 1.00 bits per heavy atom. The minimum Gasteiger partial charge on any atom is -0.493 e. The standard InChI is InChI=1S/C24H24O8/c1-14(26)30-13-19-18-10-16(6-5-9-25)11-22(29-4)24(18)32-23(19)17-7-8-20(31-15(2)27)21(12-17)28-3/h5-12,19,23H,13H2,1-4H3/b6-5+/t19-,23-/m1/s1. The quantitative estimate of drug-likeness (QED) is 0.266. The molecule has 2 aromatic carbocycles. The normalized spacial score (nSPS) is 16.8. The highest BCUT2D eigenvalue weighted by molar-refractivity contribution is 5.75. The van der Waals surface area contributed by atoms with E-state index in [0.29, 0.717) is 23.5 Å². The van der Waals surface area contributed by atoms with Gasteiger partial charge in [-0.2, -0.15) is 0 Å². The first kappa shape index (κ1) is 22.9. The van der Waals surface area contributed by atoms with E-state index in [4.69, 9.17) is 23.7 Å². The number of allylic oxidation sites excluding steroid dienone is 1. The van der Waals surface area contributed by atoms with E-state index in [0.717, 1.165) is 16.7 Å². The number of esters is 2. The summed E-state index contributed by atoms with van der Waals surface area (Å²) in [5, 5.41) is 0. The zero-order valence-corrected chi connectivity index (χ0v) is 18.2. The van der Waals surface area contributed by atoms with Crippen molar-refractivity contribution in [2.45, 2.75) is 25.9 Å². The van der Waals surface area contributed by atoms with Gasteiger partial charge in [0, 0.05) is 19.4 Å². The number of fused-ring (bicyclic) bond motifs is 1. The Morgan fingerprint density at radius 2 is 1.75 bits per heavy atom. The molecule has 0 bridgehead atoms. The number of carbonyl (C=O) groups excluding carboxylic acids is 3. The summed E-state index contributed by atoms with van der Waals surface area (Å²) in [5.74, 6) is 0.446. The predicted octanol–water partition coefficient (Wildman–Crippen LogP) is 3.62. The SMILES string of the molecule is COc1cc([C@H]2Oc3c(OC)cc(/C=C/C=O)cc3[C@H]2COC(C)=O)ccc1OC(C)=O. The summed E-state index contributed by atoms with van der Waals surface area (Å²) in [5.41, 5.74) is 2.26. The van der Waals surface area contributed by atoms with Gasteiger partial charge in [0.25, 0.3) is 0 Å². The summed E-state index contributed by atoms with van der Waals surface area (Å²) >= 11 is 0. The number of benzene rings is 2. The molecule has 8 nitrogen and oxygen atoms in total. The lowest BCUT2D eigenvalue weighted by Gasteiger charge is -2.20. The first-order valence-corrected chi connectivity index (χ1v) is 9.88. The third-order valence-corrected chi connectivity index (χ3v) is 4.94. The maximum absolute atomic E-state index is 11.5. The van der Waals surface area contributed by atoms with Gasteiger partial charge in [0.1, 0.15) is 19.0 Å². The molecule has 1 aliphatic heterocycles. The van der Waals surface area contributed by atoms with Crippen LogP contribution in [0.2, 0.25) is 0 Å². The van der Waals surface area contributed by atoms with E-state index in [9.17, 15) is 14.4 Å². The molecule has 1 aliphatic rings. The number of carbonyl (C=O) groups is 3. The molecule has 32 heavy (non-hydrogen) atoms. The average molecular weight is 440 g/mol. The minimum absolute atomic E-state index is 0.0744. The van der Waals surface area contributed by atoms with Crippen molar-refractivity contribution in [2.75, 3.05) is 20.8 Å². The number of ether oxygens (including phenoxy) is 5. The molecule has 0 fully saturated rings. The Bertz CT molecular complexity index is 1060. The Kier molecular flexibility index (Phi) is 7.14. The number of rotatable bonds is 8. The van der Waals surface area contributed by atoms with Crippen LogP contribution in [-0.4, -0.2) is 39.1 Å². The van der Waals surface area contributed by atoms with Gasteiger partial charge in [0.2, 0.25) is 0 Å². The van der Waals surface area contributed by atoms with Crippen LogP contribution in [0.5, 0.6) is 23.0 Å². The molecule has 0 radical (unpaired) electrons. The molecule has 2 atom stereocenters. The molecule has 0 aromatic heterocycles. The Balaban J connectivity index is 2.06.